The van der Waals surface area contributed by atoms with E-state index in [0.717, 1.165) is 18.7 Å². The van der Waals surface area contributed by atoms with Crippen molar-refractivity contribution in [2.75, 3.05) is 24.6 Å². The number of nitrogens with zero attached hydrogens (tertiary/aromatic N) is 3. The maximum Gasteiger partial charge on any atom is 0.188 e. The molecule has 0 saturated heterocycles. The minimum atomic E-state index is -0.0210. The molecule has 0 radical (unpaired) electrons. The SMILES string of the molecule is CCCN(CCO)c1ccnc(C(N)=NO)c1. The van der Waals surface area contributed by atoms with E-state index in [0.29, 0.717) is 12.2 Å². The second kappa shape index (κ2) is 6.70. The summed E-state index contributed by atoms with van der Waals surface area (Å²) in [5, 5.41) is 20.5. The van der Waals surface area contributed by atoms with Gasteiger partial charge in [-0.2, -0.15) is 0 Å². The number of aromatic nitrogens is 1. The molecular formula is C11H18N4O2. The highest BCUT2D eigenvalue weighted by Gasteiger charge is 2.08. The number of aliphatic hydroxyl groups is 1. The minimum Gasteiger partial charge on any atom is -0.409 e. The molecule has 1 aromatic heterocycles. The Labute approximate surface area is 100 Å². The van der Waals surface area contributed by atoms with Crippen LogP contribution in [0.5, 0.6) is 0 Å². The first kappa shape index (κ1) is 13.2. The van der Waals surface area contributed by atoms with Crippen LogP contribution < -0.4 is 10.6 Å². The number of hydrogen-bond donors (Lipinski definition) is 3. The van der Waals surface area contributed by atoms with Crippen molar-refractivity contribution in [3.63, 3.8) is 0 Å². The number of pyridine rings is 1. The second-order valence-electron chi connectivity index (χ2n) is 3.60. The van der Waals surface area contributed by atoms with Gasteiger partial charge in [0, 0.05) is 25.0 Å². The van der Waals surface area contributed by atoms with Crippen LogP contribution in [0.25, 0.3) is 0 Å². The average Bonchev–Trinajstić information content (AvgIpc) is 2.37. The molecule has 17 heavy (non-hydrogen) atoms. The Morgan fingerprint density at radius 3 is 2.88 bits per heavy atom. The number of anilines is 1. The Bertz CT molecular complexity index is 375. The lowest BCUT2D eigenvalue weighted by atomic mass is 10.2. The highest BCUT2D eigenvalue weighted by Crippen LogP contribution is 2.14. The molecular weight excluding hydrogens is 220 g/mol. The zero-order valence-corrected chi connectivity index (χ0v) is 9.87. The van der Waals surface area contributed by atoms with Gasteiger partial charge in [0.1, 0.15) is 5.69 Å². The molecule has 0 amide bonds. The fourth-order valence-corrected chi connectivity index (χ4v) is 1.57. The molecule has 0 atom stereocenters. The summed E-state index contributed by atoms with van der Waals surface area (Å²) in [6.45, 7) is 3.53. The van der Waals surface area contributed by atoms with E-state index in [2.05, 4.69) is 17.1 Å². The molecule has 0 aliphatic carbocycles. The van der Waals surface area contributed by atoms with E-state index in [1.165, 1.54) is 0 Å². The predicted molar refractivity (Wildman–Crippen MR) is 66.3 cm³/mol. The molecule has 6 nitrogen and oxygen atoms in total. The Hall–Kier alpha value is -1.82. The van der Waals surface area contributed by atoms with E-state index in [-0.39, 0.29) is 12.4 Å². The van der Waals surface area contributed by atoms with Gasteiger partial charge >= 0.3 is 0 Å². The molecule has 1 heterocycles. The Morgan fingerprint density at radius 2 is 2.29 bits per heavy atom. The van der Waals surface area contributed by atoms with Crippen LogP contribution in [0, 0.1) is 0 Å². The lowest BCUT2D eigenvalue weighted by Crippen LogP contribution is -2.28. The number of amidine groups is 1. The molecule has 0 spiro atoms. The molecule has 0 saturated carbocycles. The van der Waals surface area contributed by atoms with Crippen LogP contribution in [0.4, 0.5) is 5.69 Å². The Balaban J connectivity index is 2.95. The van der Waals surface area contributed by atoms with Crippen LogP contribution in [-0.2, 0) is 0 Å². The maximum absolute atomic E-state index is 9.00. The third-order valence-electron chi connectivity index (χ3n) is 2.34. The number of nitrogens with two attached hydrogens (primary N) is 1. The molecule has 0 aromatic carbocycles. The first-order valence-corrected chi connectivity index (χ1v) is 5.52. The summed E-state index contributed by atoms with van der Waals surface area (Å²) in [6.07, 6.45) is 2.57. The zero-order chi connectivity index (χ0) is 12.7. The first-order chi connectivity index (χ1) is 8.22. The van der Waals surface area contributed by atoms with E-state index in [1.807, 2.05) is 11.0 Å². The number of oxime groups is 1. The molecule has 1 aromatic rings. The number of aliphatic hydroxyl groups excluding tert-OH is 1. The quantitative estimate of drug-likeness (QED) is 0.288. The third kappa shape index (κ3) is 3.60. The van der Waals surface area contributed by atoms with Gasteiger partial charge in [0.25, 0.3) is 0 Å². The number of hydrogen-bond acceptors (Lipinski definition) is 5. The van der Waals surface area contributed by atoms with E-state index in [1.54, 1.807) is 12.3 Å². The Kier molecular flexibility index (Phi) is 5.22. The van der Waals surface area contributed by atoms with E-state index >= 15 is 0 Å². The van der Waals surface area contributed by atoms with Gasteiger partial charge in [-0.1, -0.05) is 12.1 Å². The second-order valence-corrected chi connectivity index (χ2v) is 3.60. The molecule has 6 heteroatoms. The van der Waals surface area contributed by atoms with Crippen molar-refractivity contribution in [3.05, 3.63) is 24.0 Å². The summed E-state index contributed by atoms with van der Waals surface area (Å²) >= 11 is 0. The van der Waals surface area contributed by atoms with E-state index in [9.17, 15) is 0 Å². The average molecular weight is 238 g/mol. The number of rotatable bonds is 6. The van der Waals surface area contributed by atoms with Gasteiger partial charge < -0.3 is 20.9 Å². The van der Waals surface area contributed by atoms with Gasteiger partial charge in [-0.05, 0) is 18.6 Å². The van der Waals surface area contributed by atoms with Gasteiger partial charge in [-0.3, -0.25) is 4.98 Å². The van der Waals surface area contributed by atoms with Gasteiger partial charge in [0.2, 0.25) is 0 Å². The molecule has 0 fully saturated rings. The topological polar surface area (TPSA) is 95.0 Å². The molecule has 94 valence electrons. The van der Waals surface area contributed by atoms with Gasteiger partial charge in [-0.15, -0.1) is 0 Å². The molecule has 1 rings (SSSR count). The molecule has 0 aliphatic rings. The fourth-order valence-electron chi connectivity index (χ4n) is 1.57. The van der Waals surface area contributed by atoms with E-state index < -0.39 is 0 Å². The van der Waals surface area contributed by atoms with Crippen molar-refractivity contribution >= 4 is 11.5 Å². The fraction of sp³-hybridized carbons (Fsp3) is 0.455. The lowest BCUT2D eigenvalue weighted by Gasteiger charge is -2.23. The molecule has 4 N–H and O–H groups in total. The molecule has 0 aliphatic heterocycles. The highest BCUT2D eigenvalue weighted by atomic mass is 16.4. The van der Waals surface area contributed by atoms with E-state index in [4.69, 9.17) is 16.0 Å². The predicted octanol–water partition coefficient (Wildman–Crippen LogP) is 0.385. The van der Waals surface area contributed by atoms with Crippen LogP contribution >= 0.6 is 0 Å². The van der Waals surface area contributed by atoms with Gasteiger partial charge in [-0.25, -0.2) is 0 Å². The smallest absolute Gasteiger partial charge is 0.188 e. The third-order valence-corrected chi connectivity index (χ3v) is 2.34. The normalized spacial score (nSPS) is 11.5. The Morgan fingerprint density at radius 1 is 1.53 bits per heavy atom. The summed E-state index contributed by atoms with van der Waals surface area (Å²) < 4.78 is 0. The monoisotopic (exact) mass is 238 g/mol. The summed E-state index contributed by atoms with van der Waals surface area (Å²) in [7, 11) is 0. The van der Waals surface area contributed by atoms with Gasteiger partial charge in [0.05, 0.1) is 6.61 Å². The maximum atomic E-state index is 9.00. The van der Waals surface area contributed by atoms with Crippen LogP contribution in [0.1, 0.15) is 19.0 Å². The van der Waals surface area contributed by atoms with Crippen LogP contribution in [0.15, 0.2) is 23.5 Å². The van der Waals surface area contributed by atoms with Crippen LogP contribution in [0.3, 0.4) is 0 Å². The van der Waals surface area contributed by atoms with Crippen molar-refractivity contribution in [1.29, 1.82) is 0 Å². The van der Waals surface area contributed by atoms with Crippen molar-refractivity contribution in [1.82, 2.24) is 4.98 Å². The van der Waals surface area contributed by atoms with Crippen LogP contribution in [-0.4, -0.2) is 40.8 Å². The lowest BCUT2D eigenvalue weighted by molar-refractivity contribution is 0.302. The summed E-state index contributed by atoms with van der Waals surface area (Å²) in [5.41, 5.74) is 6.80. The summed E-state index contributed by atoms with van der Waals surface area (Å²) in [5.74, 6) is -0.0210. The zero-order valence-electron chi connectivity index (χ0n) is 9.87. The van der Waals surface area contributed by atoms with Crippen molar-refractivity contribution in [2.45, 2.75) is 13.3 Å². The highest BCUT2D eigenvalue weighted by molar-refractivity contribution is 5.95. The molecule has 0 unspecified atom stereocenters. The van der Waals surface area contributed by atoms with Crippen molar-refractivity contribution < 1.29 is 10.3 Å². The standard InChI is InChI=1S/C11H18N4O2/c1-2-5-15(6-7-16)9-3-4-13-10(8-9)11(12)14-17/h3-4,8,16-17H,2,5-7H2,1H3,(H2,12,14). The van der Waals surface area contributed by atoms with Crippen molar-refractivity contribution in [3.8, 4) is 0 Å². The molecule has 0 bridgehead atoms. The minimum absolute atomic E-state index is 0.0210. The van der Waals surface area contributed by atoms with Crippen LogP contribution in [0.2, 0.25) is 0 Å². The summed E-state index contributed by atoms with van der Waals surface area (Å²) in [6, 6.07) is 3.57. The largest absolute Gasteiger partial charge is 0.409 e. The first-order valence-electron chi connectivity index (χ1n) is 5.52. The summed E-state index contributed by atoms with van der Waals surface area (Å²) in [4.78, 5) is 6.03. The van der Waals surface area contributed by atoms with Crippen molar-refractivity contribution in [2.24, 2.45) is 10.9 Å². The van der Waals surface area contributed by atoms with Gasteiger partial charge in [0.15, 0.2) is 5.84 Å².